The molecule has 0 spiro atoms. The number of ether oxygens (including phenoxy) is 1. The lowest BCUT2D eigenvalue weighted by Crippen LogP contribution is -2.29. The normalized spacial score (nSPS) is 32.0. The van der Waals surface area contributed by atoms with E-state index in [2.05, 4.69) is 0 Å². The Hall–Kier alpha value is 0.500. The van der Waals surface area contributed by atoms with Gasteiger partial charge >= 0.3 is 0 Å². The van der Waals surface area contributed by atoms with E-state index in [1.54, 1.807) is 0 Å². The van der Waals surface area contributed by atoms with E-state index in [0.29, 0.717) is 0 Å². The Bertz CT molecular complexity index is 299. The zero-order valence-electron chi connectivity index (χ0n) is 7.54. The Morgan fingerprint density at radius 1 is 1.50 bits per heavy atom. The lowest BCUT2D eigenvalue weighted by Gasteiger charge is -2.17. The molecular weight excluding hydrogens is 329 g/mol. The second kappa shape index (κ2) is 4.17. The third-order valence-electron chi connectivity index (χ3n) is 1.79. The maximum Gasteiger partial charge on any atom is 0.268 e. The minimum Gasteiger partial charge on any atom is -0.370 e. The van der Waals surface area contributed by atoms with E-state index >= 15 is 0 Å². The first-order valence-electron chi connectivity index (χ1n) is 4.03. The second-order valence-corrected chi connectivity index (χ2v) is 7.27. The molecule has 0 aromatic heterocycles. The molecule has 2 atom stereocenters. The Morgan fingerprint density at radius 2 is 2.07 bits per heavy atom. The van der Waals surface area contributed by atoms with Crippen molar-refractivity contribution < 1.29 is 21.9 Å². The summed E-state index contributed by atoms with van der Waals surface area (Å²) in [5.74, 6) is -3.02. The number of sulfone groups is 1. The zero-order valence-corrected chi connectivity index (χ0v) is 10.5. The minimum atomic E-state index is -3.09. The number of hydrogen-bond acceptors (Lipinski definition) is 3. The number of hydrogen-bond donors (Lipinski definition) is 0. The molecule has 14 heavy (non-hydrogen) atoms. The van der Waals surface area contributed by atoms with Gasteiger partial charge in [0, 0.05) is 6.92 Å². The molecule has 7 heteroatoms. The summed E-state index contributed by atoms with van der Waals surface area (Å²) in [6, 6.07) is 0. The quantitative estimate of drug-likeness (QED) is 0.574. The molecule has 3 nitrogen and oxygen atoms in total. The van der Waals surface area contributed by atoms with Gasteiger partial charge in [-0.3, -0.25) is 0 Å². The van der Waals surface area contributed by atoms with Gasteiger partial charge in [0.15, 0.2) is 9.84 Å². The molecule has 0 aliphatic carbocycles. The summed E-state index contributed by atoms with van der Waals surface area (Å²) < 4.78 is 51.7. The van der Waals surface area contributed by atoms with E-state index in [1.165, 1.54) is 0 Å². The van der Waals surface area contributed by atoms with Gasteiger partial charge in [-0.05, 0) is 0 Å². The van der Waals surface area contributed by atoms with Crippen LogP contribution in [0.4, 0.5) is 8.78 Å². The summed E-state index contributed by atoms with van der Waals surface area (Å²) >= 11 is 1.92. The van der Waals surface area contributed by atoms with Crippen molar-refractivity contribution in [2.75, 3.05) is 18.1 Å². The molecule has 1 saturated heterocycles. The molecule has 1 aliphatic rings. The van der Waals surface area contributed by atoms with Crippen molar-refractivity contribution in [2.45, 2.75) is 22.9 Å². The van der Waals surface area contributed by atoms with Crippen molar-refractivity contribution in [3.8, 4) is 0 Å². The van der Waals surface area contributed by atoms with E-state index in [4.69, 9.17) is 4.74 Å². The molecule has 0 amide bonds. The van der Waals surface area contributed by atoms with Crippen molar-refractivity contribution in [3.05, 3.63) is 0 Å². The first-order chi connectivity index (χ1) is 6.20. The van der Waals surface area contributed by atoms with Crippen LogP contribution in [0.2, 0.25) is 0 Å². The van der Waals surface area contributed by atoms with Crippen molar-refractivity contribution in [1.29, 1.82) is 0 Å². The first kappa shape index (κ1) is 12.6. The van der Waals surface area contributed by atoms with Crippen LogP contribution < -0.4 is 0 Å². The van der Waals surface area contributed by atoms with Crippen molar-refractivity contribution >= 4 is 32.4 Å². The van der Waals surface area contributed by atoms with E-state index in [0.717, 1.165) is 6.92 Å². The monoisotopic (exact) mass is 340 g/mol. The van der Waals surface area contributed by atoms with Gasteiger partial charge in [0.2, 0.25) is 0 Å². The van der Waals surface area contributed by atoms with Crippen LogP contribution in [0.25, 0.3) is 0 Å². The fraction of sp³-hybridized carbons (Fsp3) is 1.00. The Kier molecular flexibility index (Phi) is 3.74. The largest absolute Gasteiger partial charge is 0.370 e. The van der Waals surface area contributed by atoms with Crippen LogP contribution in [0.3, 0.4) is 0 Å². The van der Waals surface area contributed by atoms with Crippen molar-refractivity contribution in [1.82, 2.24) is 0 Å². The SMILES string of the molecule is CC(F)(F)COC1CS(=O)(=O)CC1I. The van der Waals surface area contributed by atoms with Gasteiger partial charge in [-0.25, -0.2) is 17.2 Å². The van der Waals surface area contributed by atoms with E-state index in [-0.39, 0.29) is 15.4 Å². The van der Waals surface area contributed by atoms with Gasteiger partial charge in [0.1, 0.15) is 6.61 Å². The molecule has 0 bridgehead atoms. The summed E-state index contributed by atoms with van der Waals surface area (Å²) in [6.45, 7) is 0.0331. The Balaban J connectivity index is 2.48. The molecule has 1 rings (SSSR count). The van der Waals surface area contributed by atoms with Gasteiger partial charge in [0.25, 0.3) is 5.92 Å². The number of rotatable bonds is 3. The van der Waals surface area contributed by atoms with E-state index in [9.17, 15) is 17.2 Å². The summed E-state index contributed by atoms with van der Waals surface area (Å²) in [7, 11) is -3.09. The summed E-state index contributed by atoms with van der Waals surface area (Å²) in [5.41, 5.74) is 0. The predicted octanol–water partition coefficient (Wildman–Crippen LogP) is 1.26. The van der Waals surface area contributed by atoms with Crippen LogP contribution in [-0.2, 0) is 14.6 Å². The molecule has 0 aromatic rings. The lowest BCUT2D eigenvalue weighted by atomic mass is 10.3. The fourth-order valence-corrected chi connectivity index (χ4v) is 5.29. The standard InChI is InChI=1S/C7H11F2IO3S/c1-7(8,9)4-13-6-3-14(11,12)2-5(6)10/h5-6H,2-4H2,1H3. The highest BCUT2D eigenvalue weighted by molar-refractivity contribution is 14.1. The summed E-state index contributed by atoms with van der Waals surface area (Å²) in [5, 5.41) is 0. The summed E-state index contributed by atoms with van der Waals surface area (Å²) in [6.07, 6.45) is -0.591. The van der Waals surface area contributed by atoms with Crippen LogP contribution >= 0.6 is 22.6 Å². The fourth-order valence-electron chi connectivity index (χ4n) is 1.18. The highest BCUT2D eigenvalue weighted by Crippen LogP contribution is 2.24. The molecule has 0 aromatic carbocycles. The maximum atomic E-state index is 12.4. The molecule has 84 valence electrons. The van der Waals surface area contributed by atoms with Gasteiger partial charge < -0.3 is 4.74 Å². The predicted molar refractivity (Wildman–Crippen MR) is 56.8 cm³/mol. The Labute approximate surface area is 95.3 Å². The van der Waals surface area contributed by atoms with Crippen LogP contribution in [-0.4, -0.2) is 42.5 Å². The third kappa shape index (κ3) is 3.93. The second-order valence-electron chi connectivity index (χ2n) is 3.51. The average molecular weight is 340 g/mol. The maximum absolute atomic E-state index is 12.4. The Morgan fingerprint density at radius 3 is 2.43 bits per heavy atom. The molecule has 1 heterocycles. The third-order valence-corrected chi connectivity index (χ3v) is 5.33. The van der Waals surface area contributed by atoms with Crippen LogP contribution in [0, 0.1) is 0 Å². The van der Waals surface area contributed by atoms with E-state index < -0.39 is 28.5 Å². The first-order valence-corrected chi connectivity index (χ1v) is 7.10. The highest BCUT2D eigenvalue weighted by Gasteiger charge is 2.38. The molecule has 0 saturated carbocycles. The zero-order chi connectivity index (χ0) is 11.0. The lowest BCUT2D eigenvalue weighted by molar-refractivity contribution is -0.0794. The summed E-state index contributed by atoms with van der Waals surface area (Å²) in [4.78, 5) is 0. The topological polar surface area (TPSA) is 43.4 Å². The minimum absolute atomic E-state index is 0.0213. The molecular formula is C7H11F2IO3S. The molecule has 1 aliphatic heterocycles. The van der Waals surface area contributed by atoms with Crippen LogP contribution in [0.5, 0.6) is 0 Å². The van der Waals surface area contributed by atoms with Crippen LogP contribution in [0.15, 0.2) is 0 Å². The number of halogens is 3. The molecule has 2 unspecified atom stereocenters. The van der Waals surface area contributed by atoms with Gasteiger partial charge in [0.05, 0.1) is 21.5 Å². The van der Waals surface area contributed by atoms with Crippen LogP contribution in [0.1, 0.15) is 6.92 Å². The van der Waals surface area contributed by atoms with Gasteiger partial charge in [-0.15, -0.1) is 0 Å². The average Bonchev–Trinajstić information content (AvgIpc) is 2.19. The smallest absolute Gasteiger partial charge is 0.268 e. The molecule has 0 radical (unpaired) electrons. The highest BCUT2D eigenvalue weighted by atomic mass is 127. The number of alkyl halides is 3. The van der Waals surface area contributed by atoms with E-state index in [1.807, 2.05) is 22.6 Å². The van der Waals surface area contributed by atoms with Gasteiger partial charge in [-0.2, -0.15) is 0 Å². The van der Waals surface area contributed by atoms with Crippen molar-refractivity contribution in [3.63, 3.8) is 0 Å². The van der Waals surface area contributed by atoms with Crippen molar-refractivity contribution in [2.24, 2.45) is 0 Å². The van der Waals surface area contributed by atoms with Gasteiger partial charge in [-0.1, -0.05) is 22.6 Å². The molecule has 0 N–H and O–H groups in total. The molecule has 1 fully saturated rings.